The number of methoxy groups -OCH3 is 1. The maximum Gasteiger partial charge on any atom is 0.0670 e. The average Bonchev–Trinajstić information content (AvgIpc) is 2.36. The van der Waals surface area contributed by atoms with Crippen molar-refractivity contribution in [2.45, 2.75) is 76.6 Å². The van der Waals surface area contributed by atoms with Gasteiger partial charge in [0.15, 0.2) is 0 Å². The van der Waals surface area contributed by atoms with E-state index < -0.39 is 0 Å². The summed E-state index contributed by atoms with van der Waals surface area (Å²) in [5.41, 5.74) is 0. The number of fused-ring (bicyclic) bond motifs is 2. The molecule has 0 aromatic carbocycles. The third-order valence-electron chi connectivity index (χ3n) is 4.68. The Bertz CT molecular complexity index is 233. The zero-order valence-electron chi connectivity index (χ0n) is 12.3. The summed E-state index contributed by atoms with van der Waals surface area (Å²) < 4.78 is 5.45. The van der Waals surface area contributed by atoms with Crippen LogP contribution in [0.25, 0.3) is 0 Å². The number of hydrogen-bond acceptors (Lipinski definition) is 3. The van der Waals surface area contributed by atoms with Crippen LogP contribution in [0, 0.1) is 0 Å². The molecular formula is C15H30N2O. The van der Waals surface area contributed by atoms with Gasteiger partial charge < -0.3 is 10.1 Å². The molecule has 18 heavy (non-hydrogen) atoms. The minimum absolute atomic E-state index is 0.369. The van der Waals surface area contributed by atoms with E-state index in [1.165, 1.54) is 45.1 Å². The molecule has 2 fully saturated rings. The topological polar surface area (TPSA) is 24.5 Å². The molecule has 2 aliphatic rings. The summed E-state index contributed by atoms with van der Waals surface area (Å²) in [7, 11) is 1.83. The van der Waals surface area contributed by atoms with Gasteiger partial charge in [0.25, 0.3) is 0 Å². The summed E-state index contributed by atoms with van der Waals surface area (Å²) in [5.74, 6) is 0. The van der Waals surface area contributed by atoms with Crippen LogP contribution in [-0.2, 0) is 4.74 Å². The van der Waals surface area contributed by atoms with Crippen molar-refractivity contribution in [3.05, 3.63) is 0 Å². The van der Waals surface area contributed by atoms with Crippen LogP contribution in [0.4, 0.5) is 0 Å². The normalized spacial score (nSPS) is 34.5. The number of piperidine rings is 2. The second-order valence-electron chi connectivity index (χ2n) is 6.10. The molecule has 3 nitrogen and oxygen atoms in total. The third kappa shape index (κ3) is 3.46. The largest absolute Gasteiger partial charge is 0.380 e. The van der Waals surface area contributed by atoms with E-state index in [2.05, 4.69) is 24.1 Å². The predicted octanol–water partition coefficient (Wildman–Crippen LogP) is 2.41. The van der Waals surface area contributed by atoms with Crippen LogP contribution < -0.4 is 5.32 Å². The van der Waals surface area contributed by atoms with Crippen LogP contribution in [0.2, 0.25) is 0 Å². The van der Waals surface area contributed by atoms with Gasteiger partial charge >= 0.3 is 0 Å². The number of hydrogen-bond donors (Lipinski definition) is 1. The highest BCUT2D eigenvalue weighted by molar-refractivity contribution is 4.95. The van der Waals surface area contributed by atoms with Gasteiger partial charge in [-0.15, -0.1) is 0 Å². The van der Waals surface area contributed by atoms with Crippen molar-refractivity contribution >= 4 is 0 Å². The zero-order chi connectivity index (χ0) is 13.0. The van der Waals surface area contributed by atoms with Gasteiger partial charge in [-0.05, 0) is 45.6 Å². The van der Waals surface area contributed by atoms with Gasteiger partial charge in [-0.1, -0.05) is 13.3 Å². The maximum atomic E-state index is 5.45. The molecule has 2 aliphatic heterocycles. The predicted molar refractivity (Wildman–Crippen MR) is 75.9 cm³/mol. The lowest BCUT2D eigenvalue weighted by atomic mass is 9.81. The SMILES string of the molecule is CCCNC1CC2CCCC(C1)N2CC(C)OC. The van der Waals surface area contributed by atoms with Crippen molar-refractivity contribution in [1.29, 1.82) is 0 Å². The van der Waals surface area contributed by atoms with Crippen molar-refractivity contribution in [3.8, 4) is 0 Å². The number of nitrogens with zero attached hydrogens (tertiary/aromatic N) is 1. The molecule has 0 saturated carbocycles. The summed E-state index contributed by atoms with van der Waals surface area (Å²) in [4.78, 5) is 2.74. The van der Waals surface area contributed by atoms with Crippen LogP contribution in [0.5, 0.6) is 0 Å². The van der Waals surface area contributed by atoms with Crippen molar-refractivity contribution in [3.63, 3.8) is 0 Å². The molecule has 106 valence electrons. The lowest BCUT2D eigenvalue weighted by molar-refractivity contribution is -0.0166. The van der Waals surface area contributed by atoms with Gasteiger partial charge in [-0.25, -0.2) is 0 Å². The van der Waals surface area contributed by atoms with Crippen molar-refractivity contribution in [1.82, 2.24) is 10.2 Å². The van der Waals surface area contributed by atoms with E-state index in [-0.39, 0.29) is 0 Å². The molecule has 0 spiro atoms. The van der Waals surface area contributed by atoms with Crippen molar-refractivity contribution < 1.29 is 4.74 Å². The number of nitrogens with one attached hydrogen (secondary N) is 1. The van der Waals surface area contributed by atoms with Crippen molar-refractivity contribution in [2.75, 3.05) is 20.2 Å². The monoisotopic (exact) mass is 254 g/mol. The minimum atomic E-state index is 0.369. The Labute approximate surface area is 112 Å². The summed E-state index contributed by atoms with van der Waals surface area (Å²) >= 11 is 0. The standard InChI is InChI=1S/C15H30N2O/c1-4-8-16-13-9-14-6-5-7-15(10-13)17(14)11-12(2)18-3/h12-16H,4-11H2,1-3H3. The lowest BCUT2D eigenvalue weighted by Gasteiger charge is -2.49. The van der Waals surface area contributed by atoms with Gasteiger partial charge in [-0.2, -0.15) is 0 Å². The molecule has 2 bridgehead atoms. The first-order valence-electron chi connectivity index (χ1n) is 7.76. The van der Waals surface area contributed by atoms with Crippen LogP contribution in [0.15, 0.2) is 0 Å². The maximum absolute atomic E-state index is 5.45. The fraction of sp³-hybridized carbons (Fsp3) is 1.00. The summed E-state index contributed by atoms with van der Waals surface area (Å²) in [6, 6.07) is 2.35. The highest BCUT2D eigenvalue weighted by Gasteiger charge is 2.38. The second kappa shape index (κ2) is 6.88. The Balaban J connectivity index is 1.90. The van der Waals surface area contributed by atoms with Gasteiger partial charge in [0.2, 0.25) is 0 Å². The quantitative estimate of drug-likeness (QED) is 0.788. The van der Waals surface area contributed by atoms with Crippen molar-refractivity contribution in [2.24, 2.45) is 0 Å². The third-order valence-corrected chi connectivity index (χ3v) is 4.68. The highest BCUT2D eigenvalue weighted by Crippen LogP contribution is 2.34. The van der Waals surface area contributed by atoms with E-state index in [9.17, 15) is 0 Å². The summed E-state index contributed by atoms with van der Waals surface area (Å²) in [6.45, 7) is 6.74. The molecular weight excluding hydrogens is 224 g/mol. The zero-order valence-corrected chi connectivity index (χ0v) is 12.3. The summed E-state index contributed by atoms with van der Waals surface area (Å²) in [6.07, 6.45) is 8.49. The molecule has 0 amide bonds. The van der Waals surface area contributed by atoms with Gasteiger partial charge in [0, 0.05) is 31.8 Å². The van der Waals surface area contributed by atoms with E-state index in [0.29, 0.717) is 6.10 Å². The molecule has 0 aromatic rings. The fourth-order valence-corrected chi connectivity index (χ4v) is 3.66. The molecule has 1 N–H and O–H groups in total. The molecule has 3 atom stereocenters. The first-order chi connectivity index (χ1) is 8.74. The Morgan fingerprint density at radius 1 is 1.28 bits per heavy atom. The van der Waals surface area contributed by atoms with Crippen LogP contribution >= 0.6 is 0 Å². The lowest BCUT2D eigenvalue weighted by Crippen LogP contribution is -2.57. The molecule has 0 aromatic heterocycles. The van der Waals surface area contributed by atoms with Gasteiger partial charge in [0.1, 0.15) is 0 Å². The summed E-state index contributed by atoms with van der Waals surface area (Å²) in [5, 5.41) is 3.73. The van der Waals surface area contributed by atoms with Crippen LogP contribution in [0.3, 0.4) is 0 Å². The van der Waals surface area contributed by atoms with Crippen LogP contribution in [-0.4, -0.2) is 49.3 Å². The van der Waals surface area contributed by atoms with Gasteiger partial charge in [0.05, 0.1) is 6.10 Å². The molecule has 2 rings (SSSR count). The Morgan fingerprint density at radius 3 is 2.50 bits per heavy atom. The Morgan fingerprint density at radius 2 is 1.94 bits per heavy atom. The molecule has 3 heteroatoms. The number of ether oxygens (including phenoxy) is 1. The molecule has 3 unspecified atom stereocenters. The molecule has 0 radical (unpaired) electrons. The van der Waals surface area contributed by atoms with Gasteiger partial charge in [-0.3, -0.25) is 4.90 Å². The van der Waals surface area contributed by atoms with Crippen LogP contribution in [0.1, 0.15) is 52.4 Å². The Kier molecular flexibility index (Phi) is 5.46. The highest BCUT2D eigenvalue weighted by atomic mass is 16.5. The van der Waals surface area contributed by atoms with E-state index in [0.717, 1.165) is 24.7 Å². The molecule has 0 aliphatic carbocycles. The first kappa shape index (κ1) is 14.3. The second-order valence-corrected chi connectivity index (χ2v) is 6.10. The average molecular weight is 254 g/mol. The van der Waals surface area contributed by atoms with E-state index >= 15 is 0 Å². The minimum Gasteiger partial charge on any atom is -0.380 e. The first-order valence-corrected chi connectivity index (χ1v) is 7.76. The van der Waals surface area contributed by atoms with E-state index in [1.54, 1.807) is 0 Å². The molecule has 2 saturated heterocycles. The van der Waals surface area contributed by atoms with E-state index in [4.69, 9.17) is 4.74 Å². The fourth-order valence-electron chi connectivity index (χ4n) is 3.66. The Hall–Kier alpha value is -0.120. The molecule has 2 heterocycles. The smallest absolute Gasteiger partial charge is 0.0670 e. The van der Waals surface area contributed by atoms with E-state index in [1.807, 2.05) is 7.11 Å². The number of rotatable bonds is 6.